The molecular weight excluding hydrogens is 386 g/mol. The van der Waals surface area contributed by atoms with Crippen molar-refractivity contribution in [3.05, 3.63) is 30.1 Å². The van der Waals surface area contributed by atoms with Gasteiger partial charge in [-0.2, -0.15) is 0 Å². The molecule has 0 aliphatic carbocycles. The lowest BCUT2D eigenvalue weighted by molar-refractivity contribution is -0.893. The van der Waals surface area contributed by atoms with E-state index < -0.39 is 0 Å². The number of thioether (sulfide) groups is 1. The fourth-order valence-electron chi connectivity index (χ4n) is 3.21. The number of unbranched alkanes of at least 4 members (excludes halogenated alkanes) is 1. The average molecular weight is 421 g/mol. The monoisotopic (exact) mass is 420 g/mol. The minimum Gasteiger partial charge on any atom is -0.495 e. The van der Waals surface area contributed by atoms with Crippen LogP contribution in [0.2, 0.25) is 0 Å². The van der Waals surface area contributed by atoms with Crippen molar-refractivity contribution in [3.63, 3.8) is 0 Å². The van der Waals surface area contributed by atoms with Gasteiger partial charge < -0.3 is 19.5 Å². The van der Waals surface area contributed by atoms with Crippen LogP contribution in [0.15, 0.2) is 29.4 Å². The molecule has 1 amide bonds. The largest absolute Gasteiger partial charge is 0.495 e. The average Bonchev–Trinajstić information content (AvgIpc) is 3.09. The summed E-state index contributed by atoms with van der Waals surface area (Å²) in [6, 6.07) is 7.70. The van der Waals surface area contributed by atoms with Crippen molar-refractivity contribution in [2.75, 3.05) is 26.5 Å². The molecule has 2 atom stereocenters. The van der Waals surface area contributed by atoms with Crippen LogP contribution in [0.1, 0.15) is 51.9 Å². The molecule has 0 unspecified atom stereocenters. The molecule has 0 aliphatic rings. The highest BCUT2D eigenvalue weighted by atomic mass is 32.2. The van der Waals surface area contributed by atoms with Gasteiger partial charge in [0.05, 0.1) is 32.1 Å². The number of amides is 1. The summed E-state index contributed by atoms with van der Waals surface area (Å²) in [6.07, 6.45) is 3.14. The van der Waals surface area contributed by atoms with Gasteiger partial charge in [-0.15, -0.1) is 10.2 Å². The van der Waals surface area contributed by atoms with Gasteiger partial charge in [-0.25, -0.2) is 0 Å². The molecule has 29 heavy (non-hydrogen) atoms. The van der Waals surface area contributed by atoms with Crippen molar-refractivity contribution < 1.29 is 14.4 Å². The van der Waals surface area contributed by atoms with Crippen molar-refractivity contribution in [1.82, 2.24) is 14.8 Å². The van der Waals surface area contributed by atoms with Crippen molar-refractivity contribution in [2.24, 2.45) is 0 Å². The number of benzene rings is 1. The molecular formula is C21H34N5O2S+. The van der Waals surface area contributed by atoms with E-state index in [4.69, 9.17) is 4.74 Å². The fraction of sp³-hybridized carbons (Fsp3) is 0.571. The zero-order valence-corrected chi connectivity index (χ0v) is 19.2. The first-order chi connectivity index (χ1) is 13.9. The molecule has 2 rings (SSSR count). The Kier molecular flexibility index (Phi) is 8.98. The van der Waals surface area contributed by atoms with E-state index in [1.54, 1.807) is 7.11 Å². The molecule has 2 aromatic rings. The number of aromatic nitrogens is 3. The third-order valence-corrected chi connectivity index (χ3v) is 5.99. The van der Waals surface area contributed by atoms with Gasteiger partial charge in [0.1, 0.15) is 11.8 Å². The molecule has 0 fully saturated rings. The molecule has 1 aromatic carbocycles. The minimum absolute atomic E-state index is 0.0867. The maximum atomic E-state index is 12.8. The Morgan fingerprint density at radius 3 is 2.62 bits per heavy atom. The predicted molar refractivity (Wildman–Crippen MR) is 118 cm³/mol. The van der Waals surface area contributed by atoms with Gasteiger partial charge in [-0.1, -0.05) is 44.2 Å². The van der Waals surface area contributed by atoms with Crippen LogP contribution in [0.3, 0.4) is 0 Å². The SMILES string of the molecule is CCCCn1c(S[C@@H](C)C(=O)Nc2ccccc2OC)nnc1[C@@H](CC)[NH+](C)C. The first kappa shape index (κ1) is 23.2. The lowest BCUT2D eigenvalue weighted by atomic mass is 10.2. The standard InChI is InChI=1S/C21H33N5O2S/c1-7-9-14-26-19(17(8-2)25(4)5)23-24-21(26)29-15(3)20(27)22-16-12-10-11-13-18(16)28-6/h10-13,15,17H,7-9,14H2,1-6H3,(H,22,27)/p+1/t15-,17+/m0/s1. The molecule has 0 saturated carbocycles. The zero-order valence-electron chi connectivity index (χ0n) is 18.4. The number of quaternary nitrogens is 1. The third-order valence-electron chi connectivity index (χ3n) is 4.91. The first-order valence-corrected chi connectivity index (χ1v) is 11.1. The quantitative estimate of drug-likeness (QED) is 0.547. The van der Waals surface area contributed by atoms with Crippen LogP contribution in [0.25, 0.3) is 0 Å². The number of anilines is 1. The molecule has 0 spiro atoms. The van der Waals surface area contributed by atoms with Crippen LogP contribution in [0.4, 0.5) is 5.69 Å². The summed E-state index contributed by atoms with van der Waals surface area (Å²) >= 11 is 1.45. The van der Waals surface area contributed by atoms with E-state index in [1.165, 1.54) is 16.7 Å². The van der Waals surface area contributed by atoms with E-state index in [9.17, 15) is 4.79 Å². The number of carbonyl (C=O) groups excluding carboxylic acids is 1. The molecule has 8 heteroatoms. The Hall–Kier alpha value is -2.06. The Bertz CT molecular complexity index is 793. The van der Waals surface area contributed by atoms with Gasteiger partial charge in [0.25, 0.3) is 0 Å². The number of nitrogens with zero attached hydrogens (tertiary/aromatic N) is 3. The number of methoxy groups -OCH3 is 1. The van der Waals surface area contributed by atoms with Crippen LogP contribution in [0.5, 0.6) is 5.75 Å². The second kappa shape index (κ2) is 11.2. The maximum Gasteiger partial charge on any atom is 0.237 e. The smallest absolute Gasteiger partial charge is 0.237 e. The number of nitrogens with one attached hydrogen (secondary N) is 2. The van der Waals surface area contributed by atoms with E-state index in [1.807, 2.05) is 31.2 Å². The summed E-state index contributed by atoms with van der Waals surface area (Å²) in [6.45, 7) is 7.11. The lowest BCUT2D eigenvalue weighted by Gasteiger charge is -2.21. The minimum atomic E-state index is -0.316. The lowest BCUT2D eigenvalue weighted by Crippen LogP contribution is -3.06. The Labute approximate surface area is 178 Å². The summed E-state index contributed by atoms with van der Waals surface area (Å²) < 4.78 is 7.52. The number of carbonyl (C=O) groups is 1. The number of hydrogen-bond donors (Lipinski definition) is 2. The van der Waals surface area contributed by atoms with E-state index in [-0.39, 0.29) is 17.2 Å². The van der Waals surface area contributed by atoms with Crippen molar-refractivity contribution in [2.45, 2.75) is 63.0 Å². The van der Waals surface area contributed by atoms with E-state index >= 15 is 0 Å². The second-order valence-electron chi connectivity index (χ2n) is 7.33. The van der Waals surface area contributed by atoms with E-state index in [0.717, 1.165) is 36.8 Å². The van der Waals surface area contributed by atoms with Gasteiger partial charge in [0.15, 0.2) is 11.0 Å². The van der Waals surface area contributed by atoms with Gasteiger partial charge in [-0.05, 0) is 25.5 Å². The van der Waals surface area contributed by atoms with Gasteiger partial charge in [0.2, 0.25) is 5.91 Å². The van der Waals surface area contributed by atoms with Crippen LogP contribution in [-0.2, 0) is 11.3 Å². The van der Waals surface area contributed by atoms with Crippen LogP contribution >= 0.6 is 11.8 Å². The number of hydrogen-bond acceptors (Lipinski definition) is 5. The summed E-state index contributed by atoms with van der Waals surface area (Å²) in [7, 11) is 5.88. The second-order valence-corrected chi connectivity index (χ2v) is 8.64. The summed E-state index contributed by atoms with van der Waals surface area (Å²) in [5.41, 5.74) is 0.669. The summed E-state index contributed by atoms with van der Waals surface area (Å²) in [5, 5.41) is 12.4. The molecule has 0 saturated heterocycles. The number of para-hydroxylation sites is 2. The van der Waals surface area contributed by atoms with Crippen LogP contribution < -0.4 is 15.0 Å². The summed E-state index contributed by atoms with van der Waals surface area (Å²) in [5.74, 6) is 1.56. The van der Waals surface area contributed by atoms with Crippen LogP contribution in [0, 0.1) is 0 Å². The Balaban J connectivity index is 2.18. The first-order valence-electron chi connectivity index (χ1n) is 10.3. The third kappa shape index (κ3) is 5.96. The maximum absolute atomic E-state index is 12.8. The molecule has 2 N–H and O–H groups in total. The van der Waals surface area contributed by atoms with Gasteiger partial charge in [0, 0.05) is 13.0 Å². The van der Waals surface area contributed by atoms with Crippen molar-refractivity contribution in [1.29, 1.82) is 0 Å². The van der Waals surface area contributed by atoms with Crippen molar-refractivity contribution in [3.8, 4) is 5.75 Å². The van der Waals surface area contributed by atoms with E-state index in [0.29, 0.717) is 11.4 Å². The highest BCUT2D eigenvalue weighted by Crippen LogP contribution is 2.28. The zero-order chi connectivity index (χ0) is 21.4. The number of rotatable bonds is 11. The summed E-state index contributed by atoms with van der Waals surface area (Å²) in [4.78, 5) is 14.1. The van der Waals surface area contributed by atoms with Crippen molar-refractivity contribution >= 4 is 23.4 Å². The highest BCUT2D eigenvalue weighted by Gasteiger charge is 2.26. The van der Waals surface area contributed by atoms with Crippen LogP contribution in [-0.4, -0.2) is 47.1 Å². The van der Waals surface area contributed by atoms with Gasteiger partial charge in [-0.3, -0.25) is 4.79 Å². The molecule has 0 aliphatic heterocycles. The Morgan fingerprint density at radius 2 is 2.00 bits per heavy atom. The Morgan fingerprint density at radius 1 is 1.28 bits per heavy atom. The topological polar surface area (TPSA) is 73.5 Å². The molecule has 0 radical (unpaired) electrons. The predicted octanol–water partition coefficient (Wildman–Crippen LogP) is 2.80. The van der Waals surface area contributed by atoms with Gasteiger partial charge >= 0.3 is 0 Å². The molecule has 160 valence electrons. The fourth-order valence-corrected chi connectivity index (χ4v) is 4.10. The van der Waals surface area contributed by atoms with E-state index in [2.05, 4.69) is 48.0 Å². The molecule has 7 nitrogen and oxygen atoms in total. The number of ether oxygens (including phenoxy) is 1. The normalized spacial score (nSPS) is 13.3. The highest BCUT2D eigenvalue weighted by molar-refractivity contribution is 8.00. The molecule has 1 aromatic heterocycles. The molecule has 0 bridgehead atoms. The molecule has 1 heterocycles.